The molecule has 12 heteroatoms. The number of amides is 2. The van der Waals surface area contributed by atoms with Gasteiger partial charge in [-0.2, -0.15) is 4.98 Å². The van der Waals surface area contributed by atoms with Crippen molar-refractivity contribution in [1.29, 1.82) is 0 Å². The number of nitrogens with one attached hydrogen (secondary N) is 4. The van der Waals surface area contributed by atoms with E-state index in [1.807, 2.05) is 39.8 Å². The summed E-state index contributed by atoms with van der Waals surface area (Å²) < 4.78 is 17.1. The van der Waals surface area contributed by atoms with Crippen molar-refractivity contribution in [2.24, 2.45) is 5.92 Å². The van der Waals surface area contributed by atoms with Gasteiger partial charge in [-0.25, -0.2) is 0 Å². The highest BCUT2D eigenvalue weighted by atomic mass is 16.5. The molecule has 3 aromatic rings. The summed E-state index contributed by atoms with van der Waals surface area (Å²) in [7, 11) is 4.65. The number of carbonyl (C=O) groups excluding carboxylic acids is 2. The number of benzene rings is 1. The number of methoxy groups -OCH3 is 3. The van der Waals surface area contributed by atoms with Gasteiger partial charge in [0.05, 0.1) is 33.1 Å². The summed E-state index contributed by atoms with van der Waals surface area (Å²) in [5.41, 5.74) is 2.91. The summed E-state index contributed by atoms with van der Waals surface area (Å²) in [4.78, 5) is 43.8. The van der Waals surface area contributed by atoms with E-state index in [0.29, 0.717) is 53.5 Å². The van der Waals surface area contributed by atoms with Crippen LogP contribution in [-0.4, -0.2) is 54.4 Å². The second kappa shape index (κ2) is 13.8. The molecule has 236 valence electrons. The minimum atomic E-state index is -0.747. The first kappa shape index (κ1) is 32.3. The molecule has 0 bridgehead atoms. The van der Waals surface area contributed by atoms with E-state index in [2.05, 4.69) is 31.1 Å². The summed E-state index contributed by atoms with van der Waals surface area (Å²) >= 11 is 0. The zero-order chi connectivity index (χ0) is 32.1. The van der Waals surface area contributed by atoms with Crippen molar-refractivity contribution < 1.29 is 23.8 Å². The number of H-pyrrole nitrogens is 1. The van der Waals surface area contributed by atoms with Crippen molar-refractivity contribution in [2.75, 3.05) is 32.0 Å². The van der Waals surface area contributed by atoms with E-state index in [0.717, 1.165) is 11.1 Å². The summed E-state index contributed by atoms with van der Waals surface area (Å²) in [5, 5.41) is 15.9. The molecule has 2 atom stereocenters. The number of anilines is 2. The average Bonchev–Trinajstić information content (AvgIpc) is 3.32. The first-order valence-electron chi connectivity index (χ1n) is 14.7. The van der Waals surface area contributed by atoms with E-state index in [1.54, 1.807) is 20.3 Å². The minimum Gasteiger partial charge on any atom is -0.493 e. The van der Waals surface area contributed by atoms with Crippen LogP contribution >= 0.6 is 0 Å². The first-order chi connectivity index (χ1) is 21.0. The standard InChI is InChI=1S/C32H42N6O6/c1-16(2)13-24(31(41)36-32-35-30(17(3)4)37-38-32)34-23-12-10-20-21(15-25(23)40)22(33-18(5)39)11-9-19-14-26(42-6)28(43-7)29(44-8)27(19)20/h10,12,14-17,22,24H,9,11,13H2,1-8H3,(H,33,39)(H,34,40)(H2,35,36,37,38,41)/t22-,24+/m1/s1. The summed E-state index contributed by atoms with van der Waals surface area (Å²) in [6.07, 6.45) is 1.58. The van der Waals surface area contributed by atoms with Gasteiger partial charge in [-0.15, -0.1) is 5.10 Å². The third-order valence-electron chi connectivity index (χ3n) is 7.55. The van der Waals surface area contributed by atoms with Crippen LogP contribution < -0.4 is 35.6 Å². The van der Waals surface area contributed by atoms with Crippen LogP contribution in [0.15, 0.2) is 29.1 Å². The number of rotatable bonds is 11. The Bertz CT molecular complexity index is 1580. The molecule has 0 unspecified atom stereocenters. The molecule has 12 nitrogen and oxygen atoms in total. The van der Waals surface area contributed by atoms with Gasteiger partial charge in [0.15, 0.2) is 11.5 Å². The van der Waals surface area contributed by atoms with Crippen LogP contribution in [0.1, 0.15) is 76.4 Å². The third-order valence-corrected chi connectivity index (χ3v) is 7.55. The largest absolute Gasteiger partial charge is 0.493 e. The number of nitrogens with zero attached hydrogens (tertiary/aromatic N) is 2. The molecule has 2 amide bonds. The Kier molecular flexibility index (Phi) is 10.1. The SMILES string of the molecule is COc1cc2c(c(OC)c1OC)-c1ccc(N[C@@H](CC(C)C)C(=O)Nc3n[nH]c(C(C)C)n3)c(=O)cc1[C@H](NC(C)=O)CC2. The first-order valence-corrected chi connectivity index (χ1v) is 14.7. The molecule has 1 aliphatic rings. The van der Waals surface area contributed by atoms with E-state index in [9.17, 15) is 14.4 Å². The van der Waals surface area contributed by atoms with Gasteiger partial charge in [-0.1, -0.05) is 33.8 Å². The fourth-order valence-corrected chi connectivity index (χ4v) is 5.50. The second-order valence-corrected chi connectivity index (χ2v) is 11.6. The Morgan fingerprint density at radius 1 is 1.05 bits per heavy atom. The van der Waals surface area contributed by atoms with Crippen molar-refractivity contribution in [3.63, 3.8) is 0 Å². The third kappa shape index (κ3) is 6.95. The minimum absolute atomic E-state index is 0.117. The Morgan fingerprint density at radius 2 is 1.77 bits per heavy atom. The maximum absolute atomic E-state index is 13.8. The average molecular weight is 607 g/mol. The molecular weight excluding hydrogens is 564 g/mol. The molecule has 2 aromatic carbocycles. The van der Waals surface area contributed by atoms with Gasteiger partial charge in [-0.3, -0.25) is 24.8 Å². The Balaban J connectivity index is 1.82. The molecule has 1 heterocycles. The number of hydrogen-bond donors (Lipinski definition) is 4. The van der Waals surface area contributed by atoms with Crippen molar-refractivity contribution in [2.45, 2.75) is 71.9 Å². The molecule has 1 aromatic heterocycles. The molecule has 0 radical (unpaired) electrons. The molecule has 0 aliphatic heterocycles. The van der Waals surface area contributed by atoms with Crippen LogP contribution in [0, 0.1) is 5.92 Å². The van der Waals surface area contributed by atoms with Crippen LogP contribution in [0.2, 0.25) is 0 Å². The molecule has 44 heavy (non-hydrogen) atoms. The zero-order valence-electron chi connectivity index (χ0n) is 26.6. The number of fused-ring (bicyclic) bond motifs is 3. The van der Waals surface area contributed by atoms with Crippen molar-refractivity contribution in [1.82, 2.24) is 20.5 Å². The van der Waals surface area contributed by atoms with Crippen LogP contribution in [0.4, 0.5) is 11.6 Å². The van der Waals surface area contributed by atoms with Crippen LogP contribution in [-0.2, 0) is 16.0 Å². The topological polar surface area (TPSA) is 157 Å². The highest BCUT2D eigenvalue weighted by molar-refractivity contribution is 5.95. The molecular formula is C32H42N6O6. The number of aromatic nitrogens is 3. The number of aryl methyl sites for hydroxylation is 1. The molecule has 4 N–H and O–H groups in total. The molecule has 4 rings (SSSR count). The van der Waals surface area contributed by atoms with Gasteiger partial charge < -0.3 is 24.8 Å². The molecule has 0 saturated heterocycles. The van der Waals surface area contributed by atoms with Crippen LogP contribution in [0.3, 0.4) is 0 Å². The second-order valence-electron chi connectivity index (χ2n) is 11.6. The highest BCUT2D eigenvalue weighted by Gasteiger charge is 2.30. The van der Waals surface area contributed by atoms with Gasteiger partial charge in [0.2, 0.25) is 28.9 Å². The summed E-state index contributed by atoms with van der Waals surface area (Å²) in [6, 6.07) is 5.72. The Labute approximate surface area is 257 Å². The Hall–Kier alpha value is -4.61. The summed E-state index contributed by atoms with van der Waals surface area (Å²) in [6.45, 7) is 9.39. The van der Waals surface area contributed by atoms with Crippen LogP contribution in [0.25, 0.3) is 11.1 Å². The zero-order valence-corrected chi connectivity index (χ0v) is 26.6. The fourth-order valence-electron chi connectivity index (χ4n) is 5.50. The predicted molar refractivity (Wildman–Crippen MR) is 169 cm³/mol. The lowest BCUT2D eigenvalue weighted by atomic mass is 9.95. The number of ether oxygens (including phenoxy) is 3. The number of aromatic amines is 1. The van der Waals surface area contributed by atoms with Gasteiger partial charge in [-0.05, 0) is 60.1 Å². The number of hydrogen-bond acceptors (Lipinski definition) is 9. The van der Waals surface area contributed by atoms with Crippen molar-refractivity contribution >= 4 is 23.5 Å². The smallest absolute Gasteiger partial charge is 0.249 e. The lowest BCUT2D eigenvalue weighted by Gasteiger charge is -2.20. The van der Waals surface area contributed by atoms with Gasteiger partial charge in [0, 0.05) is 18.4 Å². The maximum atomic E-state index is 13.8. The van der Waals surface area contributed by atoms with Gasteiger partial charge in [0.1, 0.15) is 11.9 Å². The van der Waals surface area contributed by atoms with E-state index in [4.69, 9.17) is 14.2 Å². The monoisotopic (exact) mass is 606 g/mol. The summed E-state index contributed by atoms with van der Waals surface area (Å²) in [5.74, 6) is 1.92. The predicted octanol–water partition coefficient (Wildman–Crippen LogP) is 4.57. The van der Waals surface area contributed by atoms with E-state index < -0.39 is 12.1 Å². The quantitative estimate of drug-likeness (QED) is 0.245. The van der Waals surface area contributed by atoms with Gasteiger partial charge >= 0.3 is 0 Å². The normalized spacial score (nSPS) is 14.6. The fraction of sp³-hybridized carbons (Fsp3) is 0.469. The maximum Gasteiger partial charge on any atom is 0.249 e. The van der Waals surface area contributed by atoms with Crippen molar-refractivity contribution in [3.8, 4) is 28.4 Å². The van der Waals surface area contributed by atoms with Crippen LogP contribution in [0.5, 0.6) is 17.2 Å². The van der Waals surface area contributed by atoms with E-state index >= 15 is 0 Å². The molecule has 1 aliphatic carbocycles. The van der Waals surface area contributed by atoms with E-state index in [1.165, 1.54) is 20.1 Å². The van der Waals surface area contributed by atoms with Crippen molar-refractivity contribution in [3.05, 3.63) is 51.4 Å². The molecule has 0 fully saturated rings. The number of carbonyl (C=O) groups is 2. The highest BCUT2D eigenvalue weighted by Crippen LogP contribution is 2.50. The molecule has 0 saturated carbocycles. The van der Waals surface area contributed by atoms with E-state index in [-0.39, 0.29) is 40.7 Å². The lowest BCUT2D eigenvalue weighted by molar-refractivity contribution is -0.120. The molecule has 0 spiro atoms. The van der Waals surface area contributed by atoms with Gasteiger partial charge in [0.25, 0.3) is 0 Å². The Morgan fingerprint density at radius 3 is 2.36 bits per heavy atom. The lowest BCUT2D eigenvalue weighted by Crippen LogP contribution is -2.37.